The zero-order valence-electron chi connectivity index (χ0n) is 10.9. The Morgan fingerprint density at radius 2 is 1.85 bits per heavy atom. The molecule has 1 heterocycles. The van der Waals surface area contributed by atoms with Crippen LogP contribution in [0.2, 0.25) is 0 Å². The zero-order chi connectivity index (χ0) is 14.1. The number of hydrogen-bond acceptors (Lipinski definition) is 0. The first-order chi connectivity index (χ1) is 9.70. The lowest BCUT2D eigenvalue weighted by molar-refractivity contribution is 0.594. The van der Waals surface area contributed by atoms with E-state index in [-0.39, 0.29) is 17.6 Å². The number of H-pyrrole nitrogens is 1. The molecule has 0 spiro atoms. The Labute approximate surface area is 116 Å². The lowest BCUT2D eigenvalue weighted by Crippen LogP contribution is -2.03. The summed E-state index contributed by atoms with van der Waals surface area (Å²) in [5.41, 5.74) is 1.77. The number of benzene rings is 2. The molecule has 0 saturated carbocycles. The molecule has 3 heteroatoms. The van der Waals surface area contributed by atoms with Gasteiger partial charge in [-0.15, -0.1) is 0 Å². The van der Waals surface area contributed by atoms with E-state index in [0.29, 0.717) is 17.5 Å². The minimum absolute atomic E-state index is 0.245. The fourth-order valence-corrected chi connectivity index (χ4v) is 2.61. The molecule has 20 heavy (non-hydrogen) atoms. The molecular formula is C17H14F2N. The van der Waals surface area contributed by atoms with Gasteiger partial charge in [0.05, 0.1) is 5.52 Å². The zero-order valence-corrected chi connectivity index (χ0v) is 10.9. The monoisotopic (exact) mass is 270 g/mol. The summed E-state index contributed by atoms with van der Waals surface area (Å²) in [6.45, 7) is 3.88. The Balaban J connectivity index is 2.14. The largest absolute Gasteiger partial charge is 0.359 e. The summed E-state index contributed by atoms with van der Waals surface area (Å²) in [6.07, 6.45) is 2.16. The van der Waals surface area contributed by atoms with E-state index < -0.39 is 0 Å². The fourth-order valence-electron chi connectivity index (χ4n) is 2.61. The maximum absolute atomic E-state index is 14.0. The van der Waals surface area contributed by atoms with Gasteiger partial charge in [-0.1, -0.05) is 25.1 Å². The van der Waals surface area contributed by atoms with Crippen molar-refractivity contribution in [2.24, 2.45) is 0 Å². The summed E-state index contributed by atoms with van der Waals surface area (Å²) in [5.74, 6) is -0.849. The quantitative estimate of drug-likeness (QED) is 0.703. The van der Waals surface area contributed by atoms with Gasteiger partial charge in [0.15, 0.2) is 0 Å². The minimum atomic E-state index is -0.322. The van der Waals surface area contributed by atoms with Crippen LogP contribution in [0.5, 0.6) is 0 Å². The van der Waals surface area contributed by atoms with Gasteiger partial charge in [-0.05, 0) is 41.8 Å². The number of rotatable bonds is 3. The molecule has 1 unspecified atom stereocenters. The Morgan fingerprint density at radius 1 is 1.05 bits per heavy atom. The van der Waals surface area contributed by atoms with Crippen molar-refractivity contribution in [2.45, 2.75) is 12.3 Å². The van der Waals surface area contributed by atoms with Crippen molar-refractivity contribution < 1.29 is 8.78 Å². The summed E-state index contributed by atoms with van der Waals surface area (Å²) in [5, 5.41) is 0.787. The molecule has 0 aliphatic rings. The summed E-state index contributed by atoms with van der Waals surface area (Å²) >= 11 is 0. The minimum Gasteiger partial charge on any atom is -0.359 e. The van der Waals surface area contributed by atoms with Crippen LogP contribution in [-0.4, -0.2) is 4.98 Å². The predicted octanol–water partition coefficient (Wildman–Crippen LogP) is 4.80. The van der Waals surface area contributed by atoms with Crippen LogP contribution in [0.15, 0.2) is 48.7 Å². The summed E-state index contributed by atoms with van der Waals surface area (Å²) in [4.78, 5) is 2.86. The third-order valence-corrected chi connectivity index (χ3v) is 3.61. The first kappa shape index (κ1) is 12.9. The number of fused-ring (bicyclic) bond motifs is 1. The van der Waals surface area contributed by atoms with Crippen LogP contribution in [-0.2, 0) is 0 Å². The molecule has 0 fully saturated rings. The molecular weight excluding hydrogens is 256 g/mol. The average Bonchev–Trinajstić information content (AvgIpc) is 2.91. The van der Waals surface area contributed by atoms with E-state index in [9.17, 15) is 8.78 Å². The highest BCUT2D eigenvalue weighted by Gasteiger charge is 2.18. The third-order valence-electron chi connectivity index (χ3n) is 3.61. The number of halogens is 2. The van der Waals surface area contributed by atoms with Crippen molar-refractivity contribution in [3.63, 3.8) is 0 Å². The maximum Gasteiger partial charge on any atom is 0.147 e. The molecule has 101 valence electrons. The van der Waals surface area contributed by atoms with Crippen molar-refractivity contribution >= 4 is 10.9 Å². The molecule has 0 saturated heterocycles. The molecule has 2 aromatic carbocycles. The highest BCUT2D eigenvalue weighted by Crippen LogP contribution is 2.32. The van der Waals surface area contributed by atoms with E-state index in [4.69, 9.17) is 0 Å². The van der Waals surface area contributed by atoms with E-state index in [1.54, 1.807) is 24.4 Å². The Kier molecular flexibility index (Phi) is 3.26. The maximum atomic E-state index is 14.0. The van der Waals surface area contributed by atoms with Gasteiger partial charge in [-0.2, -0.15) is 0 Å². The summed E-state index contributed by atoms with van der Waals surface area (Å²) < 4.78 is 28.0. The molecule has 1 radical (unpaired) electrons. The SMILES string of the molecule is [CH2]CC(c1cc(F)c2[nH]ccc2c1)c1ccccc1F. The molecule has 1 N–H and O–H groups in total. The van der Waals surface area contributed by atoms with Crippen molar-refractivity contribution in [3.8, 4) is 0 Å². The first-order valence-electron chi connectivity index (χ1n) is 6.51. The predicted molar refractivity (Wildman–Crippen MR) is 76.5 cm³/mol. The molecule has 0 bridgehead atoms. The molecule has 1 nitrogen and oxygen atoms in total. The number of aromatic nitrogens is 1. The van der Waals surface area contributed by atoms with E-state index in [0.717, 1.165) is 10.9 Å². The second-order valence-electron chi connectivity index (χ2n) is 4.81. The van der Waals surface area contributed by atoms with Crippen LogP contribution < -0.4 is 0 Å². The molecule has 0 amide bonds. The molecule has 3 aromatic rings. The normalized spacial score (nSPS) is 12.8. The highest BCUT2D eigenvalue weighted by atomic mass is 19.1. The van der Waals surface area contributed by atoms with Crippen LogP contribution >= 0.6 is 0 Å². The second-order valence-corrected chi connectivity index (χ2v) is 4.81. The van der Waals surface area contributed by atoms with Crippen molar-refractivity contribution in [3.05, 3.63) is 78.3 Å². The van der Waals surface area contributed by atoms with Gasteiger partial charge in [-0.25, -0.2) is 8.78 Å². The summed E-state index contributed by atoms with van der Waals surface area (Å²) in [6, 6.07) is 11.7. The van der Waals surface area contributed by atoms with E-state index in [2.05, 4.69) is 11.9 Å². The lowest BCUT2D eigenvalue weighted by atomic mass is 9.88. The van der Waals surface area contributed by atoms with Crippen LogP contribution in [0.4, 0.5) is 8.78 Å². The van der Waals surface area contributed by atoms with Gasteiger partial charge >= 0.3 is 0 Å². The van der Waals surface area contributed by atoms with Crippen LogP contribution in [0.3, 0.4) is 0 Å². The first-order valence-corrected chi connectivity index (χ1v) is 6.51. The smallest absolute Gasteiger partial charge is 0.147 e. The van der Waals surface area contributed by atoms with Gasteiger partial charge in [0.2, 0.25) is 0 Å². The van der Waals surface area contributed by atoms with E-state index in [1.807, 2.05) is 12.1 Å². The van der Waals surface area contributed by atoms with Gasteiger partial charge in [-0.3, -0.25) is 0 Å². The number of aromatic amines is 1. The third kappa shape index (κ3) is 2.09. The summed E-state index contributed by atoms with van der Waals surface area (Å²) in [7, 11) is 0. The average molecular weight is 270 g/mol. The molecule has 1 aromatic heterocycles. The number of nitrogens with one attached hydrogen (secondary N) is 1. The van der Waals surface area contributed by atoms with Crippen molar-refractivity contribution in [1.82, 2.24) is 4.98 Å². The van der Waals surface area contributed by atoms with Crippen LogP contribution in [0.1, 0.15) is 23.5 Å². The fraction of sp³-hybridized carbons (Fsp3) is 0.118. The topological polar surface area (TPSA) is 15.8 Å². The second kappa shape index (κ2) is 5.08. The van der Waals surface area contributed by atoms with Gasteiger partial charge in [0.25, 0.3) is 0 Å². The van der Waals surface area contributed by atoms with Crippen molar-refractivity contribution in [2.75, 3.05) is 0 Å². The lowest BCUT2D eigenvalue weighted by Gasteiger charge is -2.17. The molecule has 0 aliphatic heterocycles. The Hall–Kier alpha value is -2.16. The van der Waals surface area contributed by atoms with Crippen molar-refractivity contribution in [1.29, 1.82) is 0 Å². The number of hydrogen-bond donors (Lipinski definition) is 1. The highest BCUT2D eigenvalue weighted by molar-refractivity contribution is 5.81. The standard InChI is InChI=1S/C17H14F2N/c1-2-13(14-5-3-4-6-15(14)18)12-9-11-7-8-20-17(11)16(19)10-12/h3-10,13,20H,1-2H2. The molecule has 0 aliphatic carbocycles. The van der Waals surface area contributed by atoms with E-state index in [1.165, 1.54) is 12.1 Å². The van der Waals surface area contributed by atoms with Gasteiger partial charge < -0.3 is 4.98 Å². The molecule has 3 rings (SSSR count). The van der Waals surface area contributed by atoms with E-state index >= 15 is 0 Å². The Bertz CT molecular complexity index is 746. The van der Waals surface area contributed by atoms with Gasteiger partial charge in [0.1, 0.15) is 11.6 Å². The Morgan fingerprint density at radius 3 is 2.60 bits per heavy atom. The van der Waals surface area contributed by atoms with Crippen LogP contribution in [0.25, 0.3) is 10.9 Å². The van der Waals surface area contributed by atoms with Crippen LogP contribution in [0, 0.1) is 18.6 Å². The molecule has 1 atom stereocenters. The van der Waals surface area contributed by atoms with Gasteiger partial charge in [0, 0.05) is 17.5 Å².